The number of rotatable bonds is 2. The largest absolute Gasteiger partial charge is 0.370 e. The summed E-state index contributed by atoms with van der Waals surface area (Å²) in [6.07, 6.45) is 3.18. The van der Waals surface area contributed by atoms with Crippen LogP contribution in [0, 0.1) is 0 Å². The molecule has 0 saturated carbocycles. The average Bonchev–Trinajstić information content (AvgIpc) is 2.30. The first-order valence-electron chi connectivity index (χ1n) is 5.32. The zero-order valence-electron chi connectivity index (χ0n) is 9.39. The number of pyridine rings is 1. The molecule has 84 valence electrons. The number of hydrogen-bond acceptors (Lipinski definition) is 2. The highest BCUT2D eigenvalue weighted by Gasteiger charge is 1.86. The predicted octanol–water partition coefficient (Wildman–Crippen LogP) is 2.51. The van der Waals surface area contributed by atoms with Crippen LogP contribution in [0.2, 0.25) is 0 Å². The molecule has 1 aromatic carbocycles. The molecule has 0 fully saturated rings. The van der Waals surface area contributed by atoms with Gasteiger partial charge in [0, 0.05) is 18.0 Å². The summed E-state index contributed by atoms with van der Waals surface area (Å²) in [5.74, 6) is -0.211. The van der Waals surface area contributed by atoms with Gasteiger partial charge in [0.2, 0.25) is 5.91 Å². The zero-order valence-corrected chi connectivity index (χ0v) is 9.39. The van der Waals surface area contributed by atoms with E-state index in [1.807, 2.05) is 37.4 Å². The fraction of sp³-hybridized carbons (Fsp3) is 0.231. The number of fused-ring (bicyclic) bond motifs is 1. The van der Waals surface area contributed by atoms with Gasteiger partial charge in [0.15, 0.2) is 0 Å². The van der Waals surface area contributed by atoms with Crippen LogP contribution in [-0.4, -0.2) is 10.9 Å². The maximum atomic E-state index is 9.82. The molecule has 2 rings (SSSR count). The van der Waals surface area contributed by atoms with E-state index in [1.54, 1.807) is 0 Å². The molecule has 16 heavy (non-hydrogen) atoms. The number of hydrogen-bond donors (Lipinski definition) is 1. The van der Waals surface area contributed by atoms with E-state index in [0.29, 0.717) is 6.42 Å². The van der Waals surface area contributed by atoms with Gasteiger partial charge in [0.1, 0.15) is 0 Å². The van der Waals surface area contributed by atoms with Crippen molar-refractivity contribution in [2.45, 2.75) is 19.8 Å². The number of benzene rings is 1. The summed E-state index contributed by atoms with van der Waals surface area (Å²) in [7, 11) is 0. The van der Waals surface area contributed by atoms with Crippen molar-refractivity contribution >= 4 is 16.8 Å². The third kappa shape index (κ3) is 4.09. The Morgan fingerprint density at radius 3 is 2.50 bits per heavy atom. The standard InChI is InChI=1S/C9H7N.C4H9NO/c1-2-6-9-8(4-1)5-3-7-10-9;1-2-3-4(5)6/h1-7H;2-3H2,1H3,(H2,5,6). The molecule has 1 heterocycles. The highest BCUT2D eigenvalue weighted by molar-refractivity contribution is 5.77. The van der Waals surface area contributed by atoms with E-state index >= 15 is 0 Å². The van der Waals surface area contributed by atoms with Crippen molar-refractivity contribution in [3.8, 4) is 0 Å². The molecule has 2 N–H and O–H groups in total. The van der Waals surface area contributed by atoms with E-state index in [4.69, 9.17) is 5.73 Å². The highest BCUT2D eigenvalue weighted by atomic mass is 16.1. The van der Waals surface area contributed by atoms with Gasteiger partial charge in [-0.05, 0) is 18.6 Å². The Hall–Kier alpha value is -1.90. The number of primary amides is 1. The van der Waals surface area contributed by atoms with Gasteiger partial charge in [-0.15, -0.1) is 0 Å². The molecule has 0 aliphatic heterocycles. The average molecular weight is 216 g/mol. The van der Waals surface area contributed by atoms with E-state index in [2.05, 4.69) is 17.1 Å². The number of para-hydroxylation sites is 1. The van der Waals surface area contributed by atoms with Gasteiger partial charge in [-0.2, -0.15) is 0 Å². The van der Waals surface area contributed by atoms with Crippen molar-refractivity contribution in [3.63, 3.8) is 0 Å². The molecule has 0 radical (unpaired) electrons. The van der Waals surface area contributed by atoms with Crippen LogP contribution in [0.5, 0.6) is 0 Å². The van der Waals surface area contributed by atoms with Crippen LogP contribution >= 0.6 is 0 Å². The van der Waals surface area contributed by atoms with Gasteiger partial charge in [0.25, 0.3) is 0 Å². The maximum absolute atomic E-state index is 9.82. The van der Waals surface area contributed by atoms with Gasteiger partial charge < -0.3 is 5.73 Å². The lowest BCUT2D eigenvalue weighted by molar-refractivity contribution is -0.118. The summed E-state index contributed by atoms with van der Waals surface area (Å²) in [4.78, 5) is 14.0. The normalized spacial score (nSPS) is 9.31. The summed E-state index contributed by atoms with van der Waals surface area (Å²) in [5, 5.41) is 1.20. The quantitative estimate of drug-likeness (QED) is 0.838. The number of amides is 1. The number of carbonyl (C=O) groups excluding carboxylic acids is 1. The lowest BCUT2D eigenvalue weighted by Crippen LogP contribution is -2.08. The molecule has 1 aromatic heterocycles. The van der Waals surface area contributed by atoms with Gasteiger partial charge in [-0.25, -0.2) is 0 Å². The molecule has 1 amide bonds. The van der Waals surface area contributed by atoms with E-state index in [-0.39, 0.29) is 5.91 Å². The van der Waals surface area contributed by atoms with Gasteiger partial charge in [0.05, 0.1) is 5.52 Å². The maximum Gasteiger partial charge on any atom is 0.217 e. The summed E-state index contributed by atoms with van der Waals surface area (Å²) >= 11 is 0. The molecule has 0 aliphatic rings. The lowest BCUT2D eigenvalue weighted by atomic mass is 10.2. The molecule has 0 aliphatic carbocycles. The minimum Gasteiger partial charge on any atom is -0.370 e. The highest BCUT2D eigenvalue weighted by Crippen LogP contribution is 2.07. The summed E-state index contributed by atoms with van der Waals surface area (Å²) < 4.78 is 0. The molecule has 2 aromatic rings. The topological polar surface area (TPSA) is 56.0 Å². The summed E-state index contributed by atoms with van der Waals surface area (Å²) in [6, 6.07) is 12.1. The molecule has 0 atom stereocenters. The van der Waals surface area contributed by atoms with E-state index in [1.165, 1.54) is 5.39 Å². The molecule has 3 heteroatoms. The SMILES string of the molecule is CCCC(N)=O.c1ccc2ncccc2c1. The Labute approximate surface area is 95.3 Å². The van der Waals surface area contributed by atoms with Crippen LogP contribution in [0.3, 0.4) is 0 Å². The second-order valence-electron chi connectivity index (χ2n) is 3.41. The molecule has 0 unspecified atom stereocenters. The Morgan fingerprint density at radius 2 is 1.94 bits per heavy atom. The first-order valence-corrected chi connectivity index (χ1v) is 5.32. The lowest BCUT2D eigenvalue weighted by Gasteiger charge is -1.91. The molecule has 0 bridgehead atoms. The molecule has 0 spiro atoms. The van der Waals surface area contributed by atoms with Crippen molar-refractivity contribution < 1.29 is 4.79 Å². The van der Waals surface area contributed by atoms with E-state index < -0.39 is 0 Å². The van der Waals surface area contributed by atoms with E-state index in [0.717, 1.165) is 11.9 Å². The van der Waals surface area contributed by atoms with Gasteiger partial charge in [-0.3, -0.25) is 9.78 Å². The van der Waals surface area contributed by atoms with Crippen molar-refractivity contribution in [1.29, 1.82) is 0 Å². The fourth-order valence-electron chi connectivity index (χ4n) is 1.26. The third-order valence-electron chi connectivity index (χ3n) is 2.01. The van der Waals surface area contributed by atoms with Crippen LogP contribution < -0.4 is 5.73 Å². The van der Waals surface area contributed by atoms with Crippen molar-refractivity contribution in [3.05, 3.63) is 42.6 Å². The van der Waals surface area contributed by atoms with Crippen LogP contribution in [0.25, 0.3) is 10.9 Å². The number of aromatic nitrogens is 1. The zero-order chi connectivity index (χ0) is 11.8. The number of carbonyl (C=O) groups is 1. The van der Waals surface area contributed by atoms with Crippen LogP contribution in [0.4, 0.5) is 0 Å². The van der Waals surface area contributed by atoms with Crippen LogP contribution in [-0.2, 0) is 4.79 Å². The minimum absolute atomic E-state index is 0.211. The first-order chi connectivity index (χ1) is 7.74. The Kier molecular flexibility index (Phi) is 4.99. The minimum atomic E-state index is -0.211. The summed E-state index contributed by atoms with van der Waals surface area (Å²) in [6.45, 7) is 1.92. The third-order valence-corrected chi connectivity index (χ3v) is 2.01. The van der Waals surface area contributed by atoms with Crippen LogP contribution in [0.1, 0.15) is 19.8 Å². The predicted molar refractivity (Wildman–Crippen MR) is 65.8 cm³/mol. The Balaban J connectivity index is 0.000000187. The van der Waals surface area contributed by atoms with Crippen molar-refractivity contribution in [2.75, 3.05) is 0 Å². The van der Waals surface area contributed by atoms with Gasteiger partial charge in [-0.1, -0.05) is 31.2 Å². The van der Waals surface area contributed by atoms with Gasteiger partial charge >= 0.3 is 0 Å². The first kappa shape index (κ1) is 12.2. The molecule has 0 saturated heterocycles. The van der Waals surface area contributed by atoms with Crippen molar-refractivity contribution in [1.82, 2.24) is 4.98 Å². The molecule has 3 nitrogen and oxygen atoms in total. The number of nitrogens with zero attached hydrogens (tertiary/aromatic N) is 1. The molecular weight excluding hydrogens is 200 g/mol. The van der Waals surface area contributed by atoms with E-state index in [9.17, 15) is 4.79 Å². The summed E-state index contributed by atoms with van der Waals surface area (Å²) in [5.41, 5.74) is 5.82. The van der Waals surface area contributed by atoms with Crippen molar-refractivity contribution in [2.24, 2.45) is 5.73 Å². The fourth-order valence-corrected chi connectivity index (χ4v) is 1.26. The molecular formula is C13H16N2O. The van der Waals surface area contributed by atoms with Crippen LogP contribution in [0.15, 0.2) is 42.6 Å². The smallest absolute Gasteiger partial charge is 0.217 e. The second kappa shape index (κ2) is 6.56. The number of nitrogens with two attached hydrogens (primary N) is 1. The monoisotopic (exact) mass is 216 g/mol. The Bertz CT molecular complexity index is 389. The Morgan fingerprint density at radius 1 is 1.25 bits per heavy atom. The second-order valence-corrected chi connectivity index (χ2v) is 3.41.